The predicted molar refractivity (Wildman–Crippen MR) is 87.5 cm³/mol. The molecule has 110 valence electrons. The Morgan fingerprint density at radius 2 is 1.76 bits per heavy atom. The molecule has 0 amide bonds. The van der Waals surface area contributed by atoms with Crippen molar-refractivity contribution in [3.05, 3.63) is 63.6 Å². The van der Waals surface area contributed by atoms with Gasteiger partial charge in [0.1, 0.15) is 0 Å². The first-order valence-electron chi connectivity index (χ1n) is 6.24. The quantitative estimate of drug-likeness (QED) is 0.390. The highest BCUT2D eigenvalue weighted by atomic mass is 35.5. The van der Waals surface area contributed by atoms with Gasteiger partial charge >= 0.3 is 0 Å². The van der Waals surface area contributed by atoms with Crippen molar-refractivity contribution in [3.8, 4) is 0 Å². The molecule has 0 radical (unpaired) electrons. The van der Waals surface area contributed by atoms with Crippen LogP contribution in [0.15, 0.2) is 47.6 Å². The third-order valence-corrected chi connectivity index (χ3v) is 3.57. The molecule has 3 N–H and O–H groups in total. The maximum absolute atomic E-state index is 8.88. The van der Waals surface area contributed by atoms with Gasteiger partial charge in [0.2, 0.25) is 0 Å². The van der Waals surface area contributed by atoms with Gasteiger partial charge in [-0.25, -0.2) is 0 Å². The molecule has 0 saturated heterocycles. The van der Waals surface area contributed by atoms with E-state index in [-0.39, 0.29) is 5.84 Å². The molecule has 2 aromatic carbocycles. The summed E-state index contributed by atoms with van der Waals surface area (Å²) in [5.41, 5.74) is 8.21. The summed E-state index contributed by atoms with van der Waals surface area (Å²) in [4.78, 5) is 1.97. The Balaban J connectivity index is 2.31. The van der Waals surface area contributed by atoms with E-state index in [0.29, 0.717) is 22.2 Å². The Morgan fingerprint density at radius 1 is 1.14 bits per heavy atom. The van der Waals surface area contributed by atoms with Gasteiger partial charge in [0.15, 0.2) is 5.84 Å². The standard InChI is InChI=1S/C15H15Cl2N3O/c1-20(9-10-2-4-11(16)5-3-10)14-8-12(17)6-7-13(14)15(18)19-21/h2-8,21H,9H2,1H3,(H2,18,19). The van der Waals surface area contributed by atoms with E-state index in [9.17, 15) is 0 Å². The highest BCUT2D eigenvalue weighted by molar-refractivity contribution is 6.31. The topological polar surface area (TPSA) is 61.8 Å². The van der Waals surface area contributed by atoms with Crippen molar-refractivity contribution in [2.24, 2.45) is 10.9 Å². The lowest BCUT2D eigenvalue weighted by Crippen LogP contribution is -2.22. The van der Waals surface area contributed by atoms with Crippen molar-refractivity contribution in [1.29, 1.82) is 0 Å². The molecular formula is C15H15Cl2N3O. The summed E-state index contributed by atoms with van der Waals surface area (Å²) in [5, 5.41) is 13.2. The number of halogens is 2. The number of oxime groups is 1. The highest BCUT2D eigenvalue weighted by Gasteiger charge is 2.12. The van der Waals surface area contributed by atoms with Crippen molar-refractivity contribution >= 4 is 34.7 Å². The molecule has 2 rings (SSSR count). The van der Waals surface area contributed by atoms with Gasteiger partial charge in [-0.05, 0) is 35.9 Å². The number of hydrogen-bond acceptors (Lipinski definition) is 3. The summed E-state index contributed by atoms with van der Waals surface area (Å²) >= 11 is 11.9. The number of hydrogen-bond donors (Lipinski definition) is 2. The van der Waals surface area contributed by atoms with E-state index in [2.05, 4.69) is 5.16 Å². The molecule has 0 bridgehead atoms. The molecule has 4 nitrogen and oxygen atoms in total. The van der Waals surface area contributed by atoms with Crippen LogP contribution < -0.4 is 10.6 Å². The summed E-state index contributed by atoms with van der Waals surface area (Å²) < 4.78 is 0. The molecule has 0 unspecified atom stereocenters. The Bertz CT molecular complexity index is 656. The fourth-order valence-electron chi connectivity index (χ4n) is 2.04. The minimum absolute atomic E-state index is 0.0459. The molecule has 6 heteroatoms. The summed E-state index contributed by atoms with van der Waals surface area (Å²) in [6.07, 6.45) is 0. The number of anilines is 1. The van der Waals surface area contributed by atoms with E-state index in [1.165, 1.54) is 0 Å². The largest absolute Gasteiger partial charge is 0.409 e. The zero-order valence-electron chi connectivity index (χ0n) is 11.4. The van der Waals surface area contributed by atoms with Gasteiger partial charge in [0.25, 0.3) is 0 Å². The normalized spacial score (nSPS) is 11.5. The van der Waals surface area contributed by atoms with Crippen LogP contribution in [0.4, 0.5) is 5.69 Å². The second kappa shape index (κ2) is 6.70. The van der Waals surface area contributed by atoms with Gasteiger partial charge in [-0.15, -0.1) is 0 Å². The Labute approximate surface area is 133 Å². The molecule has 2 aromatic rings. The third-order valence-electron chi connectivity index (χ3n) is 3.09. The molecule has 0 aliphatic rings. The van der Waals surface area contributed by atoms with Crippen molar-refractivity contribution in [1.82, 2.24) is 0 Å². The van der Waals surface area contributed by atoms with Gasteiger partial charge in [-0.3, -0.25) is 0 Å². The lowest BCUT2D eigenvalue weighted by molar-refractivity contribution is 0.318. The second-order valence-electron chi connectivity index (χ2n) is 4.63. The third kappa shape index (κ3) is 3.80. The van der Waals surface area contributed by atoms with Gasteiger partial charge in [0, 0.05) is 34.9 Å². The average molecular weight is 324 g/mol. The van der Waals surface area contributed by atoms with Gasteiger partial charge in [-0.1, -0.05) is 40.5 Å². The zero-order valence-corrected chi connectivity index (χ0v) is 12.9. The highest BCUT2D eigenvalue weighted by Crippen LogP contribution is 2.25. The first kappa shape index (κ1) is 15.5. The van der Waals surface area contributed by atoms with E-state index < -0.39 is 0 Å². The van der Waals surface area contributed by atoms with Crippen LogP contribution in [-0.4, -0.2) is 18.1 Å². The molecule has 0 fully saturated rings. The number of rotatable bonds is 4. The second-order valence-corrected chi connectivity index (χ2v) is 5.50. The van der Waals surface area contributed by atoms with Crippen LogP contribution in [-0.2, 0) is 6.54 Å². The van der Waals surface area contributed by atoms with Gasteiger partial charge < -0.3 is 15.8 Å². The minimum Gasteiger partial charge on any atom is -0.409 e. The average Bonchev–Trinajstić information content (AvgIpc) is 2.48. The Kier molecular flexibility index (Phi) is 4.94. The molecule has 0 aliphatic carbocycles. The van der Waals surface area contributed by atoms with Crippen molar-refractivity contribution in [3.63, 3.8) is 0 Å². The van der Waals surface area contributed by atoms with Crippen LogP contribution in [0.25, 0.3) is 0 Å². The Morgan fingerprint density at radius 3 is 2.38 bits per heavy atom. The zero-order chi connectivity index (χ0) is 15.4. The van der Waals surface area contributed by atoms with Crippen molar-refractivity contribution < 1.29 is 5.21 Å². The maximum atomic E-state index is 8.88. The minimum atomic E-state index is 0.0459. The van der Waals surface area contributed by atoms with Crippen LogP contribution in [0.1, 0.15) is 11.1 Å². The van der Waals surface area contributed by atoms with Gasteiger partial charge in [-0.2, -0.15) is 0 Å². The fourth-order valence-corrected chi connectivity index (χ4v) is 2.33. The van der Waals surface area contributed by atoms with E-state index in [4.69, 9.17) is 34.1 Å². The number of amidine groups is 1. The number of nitrogens with zero attached hydrogens (tertiary/aromatic N) is 2. The van der Waals surface area contributed by atoms with Crippen LogP contribution in [0, 0.1) is 0 Å². The molecule has 0 saturated carbocycles. The summed E-state index contributed by atoms with van der Waals surface area (Å²) in [6.45, 7) is 0.642. The summed E-state index contributed by atoms with van der Waals surface area (Å²) in [7, 11) is 1.91. The number of nitrogens with two attached hydrogens (primary N) is 1. The first-order chi connectivity index (χ1) is 10.0. The van der Waals surface area contributed by atoms with Crippen LogP contribution in [0.5, 0.6) is 0 Å². The number of benzene rings is 2. The van der Waals surface area contributed by atoms with Crippen LogP contribution in [0.3, 0.4) is 0 Å². The fraction of sp³-hybridized carbons (Fsp3) is 0.133. The van der Waals surface area contributed by atoms with Crippen LogP contribution in [0.2, 0.25) is 10.0 Å². The molecule has 0 spiro atoms. The van der Waals surface area contributed by atoms with E-state index >= 15 is 0 Å². The molecular weight excluding hydrogens is 309 g/mol. The molecule has 0 aromatic heterocycles. The SMILES string of the molecule is CN(Cc1ccc(Cl)cc1)c1cc(Cl)ccc1C(N)=NO. The van der Waals surface area contributed by atoms with E-state index in [0.717, 1.165) is 11.3 Å². The van der Waals surface area contributed by atoms with Gasteiger partial charge in [0.05, 0.1) is 0 Å². The van der Waals surface area contributed by atoms with E-state index in [1.54, 1.807) is 18.2 Å². The first-order valence-corrected chi connectivity index (χ1v) is 7.00. The lowest BCUT2D eigenvalue weighted by atomic mass is 10.1. The molecule has 0 heterocycles. The molecule has 0 atom stereocenters. The van der Waals surface area contributed by atoms with Crippen molar-refractivity contribution in [2.75, 3.05) is 11.9 Å². The van der Waals surface area contributed by atoms with Crippen LogP contribution >= 0.6 is 23.2 Å². The lowest BCUT2D eigenvalue weighted by Gasteiger charge is -2.22. The maximum Gasteiger partial charge on any atom is 0.172 e. The summed E-state index contributed by atoms with van der Waals surface area (Å²) in [6, 6.07) is 12.8. The monoisotopic (exact) mass is 323 g/mol. The van der Waals surface area contributed by atoms with Crippen molar-refractivity contribution in [2.45, 2.75) is 6.54 Å². The summed E-state index contributed by atoms with van der Waals surface area (Å²) in [5.74, 6) is 0.0459. The predicted octanol–water partition coefficient (Wildman–Crippen LogP) is 3.72. The smallest absolute Gasteiger partial charge is 0.172 e. The molecule has 0 aliphatic heterocycles. The molecule has 21 heavy (non-hydrogen) atoms. The Hall–Kier alpha value is -1.91. The van der Waals surface area contributed by atoms with E-state index in [1.807, 2.05) is 36.2 Å².